The van der Waals surface area contributed by atoms with Gasteiger partial charge in [0.15, 0.2) is 11.5 Å². The van der Waals surface area contributed by atoms with Crippen molar-refractivity contribution in [2.75, 3.05) is 13.1 Å². The highest BCUT2D eigenvalue weighted by Crippen LogP contribution is 2.34. The highest BCUT2D eigenvalue weighted by molar-refractivity contribution is 5.81. The molecule has 25 heavy (non-hydrogen) atoms. The normalized spacial score (nSPS) is 20.3. The van der Waals surface area contributed by atoms with Crippen molar-refractivity contribution in [3.05, 3.63) is 48.7 Å². The molecule has 126 valence electrons. The molecule has 0 radical (unpaired) electrons. The van der Waals surface area contributed by atoms with Crippen LogP contribution in [0.25, 0.3) is 16.8 Å². The van der Waals surface area contributed by atoms with Crippen molar-refractivity contribution in [2.24, 2.45) is 5.92 Å². The molecule has 5 rings (SSSR count). The molecule has 1 saturated heterocycles. The van der Waals surface area contributed by atoms with Crippen LogP contribution in [-0.2, 0) is 4.79 Å². The lowest BCUT2D eigenvalue weighted by Crippen LogP contribution is -2.29. The van der Waals surface area contributed by atoms with Gasteiger partial charge in [0.1, 0.15) is 0 Å². The van der Waals surface area contributed by atoms with Crippen LogP contribution >= 0.6 is 0 Å². The average Bonchev–Trinajstić information content (AvgIpc) is 3.23. The molecule has 6 nitrogen and oxygen atoms in total. The fourth-order valence-corrected chi connectivity index (χ4v) is 3.55. The van der Waals surface area contributed by atoms with Crippen LogP contribution in [0.5, 0.6) is 0 Å². The van der Waals surface area contributed by atoms with E-state index in [0.29, 0.717) is 5.91 Å². The van der Waals surface area contributed by atoms with Gasteiger partial charge in [0.05, 0.1) is 0 Å². The molecule has 0 bridgehead atoms. The van der Waals surface area contributed by atoms with Gasteiger partial charge >= 0.3 is 0 Å². The van der Waals surface area contributed by atoms with E-state index in [-0.39, 0.29) is 11.8 Å². The van der Waals surface area contributed by atoms with Crippen molar-refractivity contribution >= 4 is 11.6 Å². The van der Waals surface area contributed by atoms with Crippen LogP contribution in [0, 0.1) is 5.92 Å². The molecule has 1 aliphatic carbocycles. The molecule has 1 saturated carbocycles. The number of carbonyl (C=O) groups excluding carboxylic acids is 1. The summed E-state index contributed by atoms with van der Waals surface area (Å²) in [6, 6.07) is 8.02. The van der Waals surface area contributed by atoms with Crippen molar-refractivity contribution < 1.29 is 4.79 Å². The summed E-state index contributed by atoms with van der Waals surface area (Å²) in [7, 11) is 0. The number of hydrogen-bond acceptors (Lipinski definition) is 4. The molecule has 0 unspecified atom stereocenters. The number of pyridine rings is 2. The first-order valence-corrected chi connectivity index (χ1v) is 8.83. The first-order valence-electron chi connectivity index (χ1n) is 8.83. The zero-order valence-corrected chi connectivity index (χ0v) is 13.9. The lowest BCUT2D eigenvalue weighted by Gasteiger charge is -2.15. The highest BCUT2D eigenvalue weighted by Gasteiger charge is 2.37. The van der Waals surface area contributed by atoms with Crippen LogP contribution in [0.2, 0.25) is 0 Å². The maximum absolute atomic E-state index is 12.2. The highest BCUT2D eigenvalue weighted by atomic mass is 16.2. The van der Waals surface area contributed by atoms with Gasteiger partial charge in [0.2, 0.25) is 5.91 Å². The number of likely N-dealkylation sites (tertiary alicyclic amines) is 1. The summed E-state index contributed by atoms with van der Waals surface area (Å²) in [4.78, 5) is 23.0. The van der Waals surface area contributed by atoms with E-state index >= 15 is 0 Å². The molecule has 3 aromatic rings. The zero-order valence-electron chi connectivity index (χ0n) is 13.9. The third kappa shape index (κ3) is 2.67. The molecule has 1 aliphatic heterocycles. The van der Waals surface area contributed by atoms with Gasteiger partial charge in [-0.25, -0.2) is 9.50 Å². The SMILES string of the molecule is O=C(C1CC1)N1CC[C@@H](c2nc3ccc(-c4ccncc4)cn3n2)C1. The van der Waals surface area contributed by atoms with Gasteiger partial charge in [0, 0.05) is 49.1 Å². The number of hydrogen-bond donors (Lipinski definition) is 0. The smallest absolute Gasteiger partial charge is 0.225 e. The molecule has 2 aliphatic rings. The summed E-state index contributed by atoms with van der Waals surface area (Å²) in [5.74, 6) is 1.70. The van der Waals surface area contributed by atoms with Gasteiger partial charge in [-0.05, 0) is 49.1 Å². The van der Waals surface area contributed by atoms with Crippen molar-refractivity contribution in [1.29, 1.82) is 0 Å². The second-order valence-corrected chi connectivity index (χ2v) is 6.97. The number of fused-ring (bicyclic) bond motifs is 1. The molecule has 0 spiro atoms. The second-order valence-electron chi connectivity index (χ2n) is 6.97. The van der Waals surface area contributed by atoms with Gasteiger partial charge in [0.25, 0.3) is 0 Å². The van der Waals surface area contributed by atoms with E-state index in [4.69, 9.17) is 0 Å². The number of aromatic nitrogens is 4. The first-order chi connectivity index (χ1) is 12.3. The minimum Gasteiger partial charge on any atom is -0.342 e. The summed E-state index contributed by atoms with van der Waals surface area (Å²) >= 11 is 0. The first kappa shape index (κ1) is 14.6. The van der Waals surface area contributed by atoms with Crippen molar-refractivity contribution in [3.63, 3.8) is 0 Å². The van der Waals surface area contributed by atoms with Crippen LogP contribution in [0.4, 0.5) is 0 Å². The second kappa shape index (κ2) is 5.65. The van der Waals surface area contributed by atoms with Crippen molar-refractivity contribution in [2.45, 2.75) is 25.2 Å². The van der Waals surface area contributed by atoms with E-state index in [9.17, 15) is 4.79 Å². The average molecular weight is 333 g/mol. The number of carbonyl (C=O) groups is 1. The van der Waals surface area contributed by atoms with Gasteiger partial charge in [-0.15, -0.1) is 0 Å². The summed E-state index contributed by atoms with van der Waals surface area (Å²) < 4.78 is 1.84. The lowest BCUT2D eigenvalue weighted by atomic mass is 10.1. The van der Waals surface area contributed by atoms with Crippen LogP contribution in [0.3, 0.4) is 0 Å². The van der Waals surface area contributed by atoms with Gasteiger partial charge in [-0.1, -0.05) is 0 Å². The van der Waals surface area contributed by atoms with Gasteiger partial charge in [-0.3, -0.25) is 9.78 Å². The maximum Gasteiger partial charge on any atom is 0.225 e. The van der Waals surface area contributed by atoms with E-state index in [1.54, 1.807) is 12.4 Å². The van der Waals surface area contributed by atoms with Crippen LogP contribution in [-0.4, -0.2) is 43.5 Å². The van der Waals surface area contributed by atoms with E-state index in [1.807, 2.05) is 33.8 Å². The Balaban J connectivity index is 1.40. The Morgan fingerprint density at radius 1 is 1.04 bits per heavy atom. The van der Waals surface area contributed by atoms with E-state index in [2.05, 4.69) is 21.1 Å². The van der Waals surface area contributed by atoms with Crippen molar-refractivity contribution in [3.8, 4) is 11.1 Å². The Kier molecular flexibility index (Phi) is 3.29. The third-order valence-corrected chi connectivity index (χ3v) is 5.15. The molecule has 0 N–H and O–H groups in total. The Bertz CT molecular complexity index is 931. The molecule has 4 heterocycles. The predicted molar refractivity (Wildman–Crippen MR) is 92.9 cm³/mol. The largest absolute Gasteiger partial charge is 0.342 e. The quantitative estimate of drug-likeness (QED) is 0.739. The number of amides is 1. The standard InChI is InChI=1S/C19H19N5O/c25-19(14-1-2-14)23-10-7-16(11-23)18-21-17-4-3-15(12-24(17)22-18)13-5-8-20-9-6-13/h3-6,8-9,12,14,16H,1-2,7,10-11H2/t16-/m1/s1. The van der Waals surface area contributed by atoms with Gasteiger partial charge < -0.3 is 4.90 Å². The molecule has 1 amide bonds. The maximum atomic E-state index is 12.2. The summed E-state index contributed by atoms with van der Waals surface area (Å²) in [5, 5.41) is 4.69. The summed E-state index contributed by atoms with van der Waals surface area (Å²) in [5.41, 5.74) is 3.04. The zero-order chi connectivity index (χ0) is 16.8. The molecular weight excluding hydrogens is 314 g/mol. The third-order valence-electron chi connectivity index (χ3n) is 5.15. The van der Waals surface area contributed by atoms with E-state index in [0.717, 1.165) is 55.0 Å². The Morgan fingerprint density at radius 3 is 2.68 bits per heavy atom. The number of nitrogens with zero attached hydrogens (tertiary/aromatic N) is 5. The fraction of sp³-hybridized carbons (Fsp3) is 0.368. The van der Waals surface area contributed by atoms with E-state index < -0.39 is 0 Å². The Morgan fingerprint density at radius 2 is 1.88 bits per heavy atom. The molecule has 3 aromatic heterocycles. The predicted octanol–water partition coefficient (Wildman–Crippen LogP) is 2.52. The molecule has 6 heteroatoms. The Hall–Kier alpha value is -2.76. The van der Waals surface area contributed by atoms with Gasteiger partial charge in [-0.2, -0.15) is 5.10 Å². The Labute approximate surface area is 145 Å². The molecule has 2 fully saturated rings. The van der Waals surface area contributed by atoms with E-state index in [1.165, 1.54) is 0 Å². The summed E-state index contributed by atoms with van der Waals surface area (Å²) in [6.45, 7) is 1.58. The summed E-state index contributed by atoms with van der Waals surface area (Å²) in [6.07, 6.45) is 8.65. The number of rotatable bonds is 3. The van der Waals surface area contributed by atoms with Crippen molar-refractivity contribution in [1.82, 2.24) is 24.5 Å². The minimum absolute atomic E-state index is 0.243. The van der Waals surface area contributed by atoms with Crippen LogP contribution in [0.1, 0.15) is 31.0 Å². The van der Waals surface area contributed by atoms with Crippen LogP contribution < -0.4 is 0 Å². The fourth-order valence-electron chi connectivity index (χ4n) is 3.55. The molecule has 1 atom stereocenters. The minimum atomic E-state index is 0.243. The van der Waals surface area contributed by atoms with Crippen LogP contribution in [0.15, 0.2) is 42.9 Å². The topological polar surface area (TPSA) is 63.4 Å². The molecule has 0 aromatic carbocycles. The monoisotopic (exact) mass is 333 g/mol. The molecular formula is C19H19N5O. The lowest BCUT2D eigenvalue weighted by molar-refractivity contribution is -0.131.